The molecule has 2 aromatic carbocycles. The van der Waals surface area contributed by atoms with E-state index in [4.69, 9.17) is 4.74 Å². The molecule has 1 aliphatic heterocycles. The Morgan fingerprint density at radius 2 is 1.67 bits per heavy atom. The number of anilines is 1. The molecule has 0 spiro atoms. The van der Waals surface area contributed by atoms with Gasteiger partial charge in [0, 0.05) is 56.5 Å². The van der Waals surface area contributed by atoms with Crippen LogP contribution >= 0.6 is 23.1 Å². The Balaban J connectivity index is 1.26. The van der Waals surface area contributed by atoms with Gasteiger partial charge in [0.05, 0.1) is 17.5 Å². The van der Waals surface area contributed by atoms with Gasteiger partial charge in [0.2, 0.25) is 5.91 Å². The summed E-state index contributed by atoms with van der Waals surface area (Å²) in [4.78, 5) is 57.2. The van der Waals surface area contributed by atoms with Crippen molar-refractivity contribution >= 4 is 51.9 Å². The minimum Gasteiger partial charge on any atom is -0.468 e. The Hall–Kier alpha value is -3.74. The van der Waals surface area contributed by atoms with E-state index >= 15 is 0 Å². The number of carbonyl (C=O) groups excluding carboxylic acids is 4. The smallest absolute Gasteiger partial charge is 0.323 e. The maximum Gasteiger partial charge on any atom is 0.323 e. The van der Waals surface area contributed by atoms with Gasteiger partial charge >= 0.3 is 5.97 Å². The number of thioether (sulfide) groups is 1. The topological polar surface area (TPSA) is 121 Å². The molecule has 1 fully saturated rings. The predicted octanol–water partition coefficient (Wildman–Crippen LogP) is 4.28. The minimum atomic E-state index is -0.405. The molecule has 10 nitrogen and oxygen atoms in total. The van der Waals surface area contributed by atoms with E-state index in [-0.39, 0.29) is 29.6 Å². The van der Waals surface area contributed by atoms with E-state index in [1.54, 1.807) is 46.8 Å². The lowest BCUT2D eigenvalue weighted by Gasteiger charge is -2.34. The number of benzene rings is 2. The largest absolute Gasteiger partial charge is 0.468 e. The van der Waals surface area contributed by atoms with Gasteiger partial charge in [-0.05, 0) is 41.3 Å². The molecule has 1 aromatic heterocycles. The first-order valence-electron chi connectivity index (χ1n) is 14.1. The standard InChI is InChI=1S/C31H37N5O5S2/c1-20(2)27(30(40)41-4)32-17-22-8-10-24(11-9-22)28(38)34-31-33-18-26(43-31)42-19-23-6-5-7-25(16-23)29(39)36-14-12-35(13-15-36)21(3)37/h5-11,16,18,20,27,32H,12-15,17,19H2,1-4H3,(H,33,34,38)/t27-/m1/s1. The van der Waals surface area contributed by atoms with Crippen LogP contribution in [0.2, 0.25) is 0 Å². The second-order valence-electron chi connectivity index (χ2n) is 10.5. The first kappa shape index (κ1) is 32.2. The number of amides is 3. The zero-order valence-corrected chi connectivity index (χ0v) is 26.4. The van der Waals surface area contributed by atoms with Gasteiger partial charge in [-0.25, -0.2) is 4.98 Å². The predicted molar refractivity (Wildman–Crippen MR) is 168 cm³/mol. The zero-order chi connectivity index (χ0) is 30.9. The molecule has 4 rings (SSSR count). The lowest BCUT2D eigenvalue weighted by Crippen LogP contribution is -2.50. The van der Waals surface area contributed by atoms with Gasteiger partial charge in [-0.2, -0.15) is 0 Å². The van der Waals surface area contributed by atoms with Crippen molar-refractivity contribution in [2.75, 3.05) is 38.6 Å². The molecule has 228 valence electrons. The van der Waals surface area contributed by atoms with Crippen LogP contribution in [0.3, 0.4) is 0 Å². The summed E-state index contributed by atoms with van der Waals surface area (Å²) < 4.78 is 5.81. The average Bonchev–Trinajstić information content (AvgIpc) is 3.47. The highest BCUT2D eigenvalue weighted by molar-refractivity contribution is 8.00. The lowest BCUT2D eigenvalue weighted by atomic mass is 10.0. The quantitative estimate of drug-likeness (QED) is 0.240. The van der Waals surface area contributed by atoms with Gasteiger partial charge in [0.15, 0.2) is 5.13 Å². The number of esters is 1. The number of carbonyl (C=O) groups is 4. The molecule has 0 radical (unpaired) electrons. The molecule has 3 amide bonds. The fraction of sp³-hybridized carbons (Fsp3) is 0.387. The van der Waals surface area contributed by atoms with Gasteiger partial charge in [0.25, 0.3) is 11.8 Å². The van der Waals surface area contributed by atoms with Gasteiger partial charge in [-0.1, -0.05) is 49.4 Å². The first-order chi connectivity index (χ1) is 20.6. The van der Waals surface area contributed by atoms with Crippen molar-refractivity contribution in [3.8, 4) is 0 Å². The van der Waals surface area contributed by atoms with Crippen LogP contribution in [0.25, 0.3) is 0 Å². The summed E-state index contributed by atoms with van der Waals surface area (Å²) in [5.41, 5.74) is 3.10. The molecule has 0 saturated carbocycles. The van der Waals surface area contributed by atoms with Gasteiger partial charge in [-0.15, -0.1) is 11.8 Å². The lowest BCUT2D eigenvalue weighted by molar-refractivity contribution is -0.144. The van der Waals surface area contributed by atoms with E-state index in [9.17, 15) is 19.2 Å². The zero-order valence-electron chi connectivity index (χ0n) is 24.8. The molecular formula is C31H37N5O5S2. The van der Waals surface area contributed by atoms with Crippen molar-refractivity contribution in [3.05, 3.63) is 77.0 Å². The number of rotatable bonds is 11. The Morgan fingerprint density at radius 3 is 2.33 bits per heavy atom. The Labute approximate surface area is 260 Å². The summed E-state index contributed by atoms with van der Waals surface area (Å²) in [5.74, 6) is 0.192. The number of thiazole rings is 1. The highest BCUT2D eigenvalue weighted by Gasteiger charge is 2.24. The molecule has 1 aliphatic rings. The first-order valence-corrected chi connectivity index (χ1v) is 15.9. The molecular weight excluding hydrogens is 587 g/mol. The maximum atomic E-state index is 13.0. The summed E-state index contributed by atoms with van der Waals surface area (Å²) in [6, 6.07) is 14.4. The molecule has 1 saturated heterocycles. The third-order valence-electron chi connectivity index (χ3n) is 7.14. The SMILES string of the molecule is COC(=O)[C@H](NCc1ccc(C(=O)Nc2ncc(SCc3cccc(C(=O)N4CCN(C(C)=O)CC4)c3)s2)cc1)C(C)C. The summed E-state index contributed by atoms with van der Waals surface area (Å²) in [6.45, 7) is 8.11. The van der Waals surface area contributed by atoms with Crippen LogP contribution in [-0.2, 0) is 26.6 Å². The number of nitrogens with zero attached hydrogens (tertiary/aromatic N) is 3. The van der Waals surface area contributed by atoms with Gasteiger partial charge in [-0.3, -0.25) is 24.5 Å². The van der Waals surface area contributed by atoms with Crippen molar-refractivity contribution in [2.45, 2.75) is 43.3 Å². The van der Waals surface area contributed by atoms with E-state index in [1.807, 2.05) is 50.2 Å². The molecule has 1 atom stereocenters. The van der Waals surface area contributed by atoms with Crippen molar-refractivity contribution in [1.29, 1.82) is 0 Å². The number of piperazine rings is 1. The van der Waals surface area contributed by atoms with E-state index in [2.05, 4.69) is 15.6 Å². The van der Waals surface area contributed by atoms with Crippen LogP contribution in [0.15, 0.2) is 58.9 Å². The van der Waals surface area contributed by atoms with E-state index in [0.717, 1.165) is 15.3 Å². The number of hydrogen-bond acceptors (Lipinski definition) is 9. The van der Waals surface area contributed by atoms with Crippen molar-refractivity contribution in [3.63, 3.8) is 0 Å². The van der Waals surface area contributed by atoms with E-state index in [0.29, 0.717) is 54.7 Å². The molecule has 43 heavy (non-hydrogen) atoms. The van der Waals surface area contributed by atoms with E-state index in [1.165, 1.54) is 18.4 Å². The number of hydrogen-bond donors (Lipinski definition) is 2. The monoisotopic (exact) mass is 623 g/mol. The third kappa shape index (κ3) is 8.88. The molecule has 0 bridgehead atoms. The molecule has 2 heterocycles. The van der Waals surface area contributed by atoms with Crippen LogP contribution in [0.1, 0.15) is 52.6 Å². The number of ether oxygens (including phenoxy) is 1. The molecule has 2 N–H and O–H groups in total. The normalized spacial score (nSPS) is 14.0. The van der Waals surface area contributed by atoms with Crippen LogP contribution < -0.4 is 10.6 Å². The highest BCUT2D eigenvalue weighted by Crippen LogP contribution is 2.31. The Morgan fingerprint density at radius 1 is 0.977 bits per heavy atom. The Kier molecular flexibility index (Phi) is 11.3. The summed E-state index contributed by atoms with van der Waals surface area (Å²) >= 11 is 2.98. The third-order valence-corrected chi connectivity index (χ3v) is 9.31. The van der Waals surface area contributed by atoms with E-state index < -0.39 is 6.04 Å². The summed E-state index contributed by atoms with van der Waals surface area (Å²) in [5, 5.41) is 6.58. The van der Waals surface area contributed by atoms with Crippen LogP contribution in [0.5, 0.6) is 0 Å². The molecule has 3 aromatic rings. The minimum absolute atomic E-state index is 0.0249. The summed E-state index contributed by atoms with van der Waals surface area (Å²) in [6.07, 6.45) is 1.73. The maximum absolute atomic E-state index is 13.0. The van der Waals surface area contributed by atoms with Crippen molar-refractivity contribution < 1.29 is 23.9 Å². The summed E-state index contributed by atoms with van der Waals surface area (Å²) in [7, 11) is 1.38. The second-order valence-corrected chi connectivity index (χ2v) is 12.9. The highest BCUT2D eigenvalue weighted by atomic mass is 32.2. The fourth-order valence-electron chi connectivity index (χ4n) is 4.63. The average molecular weight is 624 g/mol. The number of methoxy groups -OCH3 is 1. The van der Waals surface area contributed by atoms with Gasteiger partial charge < -0.3 is 19.9 Å². The molecule has 0 unspecified atom stereocenters. The van der Waals surface area contributed by atoms with Crippen LogP contribution in [0, 0.1) is 5.92 Å². The van der Waals surface area contributed by atoms with Gasteiger partial charge in [0.1, 0.15) is 6.04 Å². The second kappa shape index (κ2) is 15.1. The molecule has 12 heteroatoms. The van der Waals surface area contributed by atoms with Crippen LogP contribution in [0.4, 0.5) is 5.13 Å². The number of aromatic nitrogens is 1. The molecule has 0 aliphatic carbocycles. The van der Waals surface area contributed by atoms with Crippen molar-refractivity contribution in [1.82, 2.24) is 20.1 Å². The van der Waals surface area contributed by atoms with Crippen molar-refractivity contribution in [2.24, 2.45) is 5.92 Å². The van der Waals surface area contributed by atoms with Crippen LogP contribution in [-0.4, -0.2) is 77.8 Å². The Bertz CT molecular complexity index is 1430. The number of nitrogens with one attached hydrogen (secondary N) is 2. The fourth-order valence-corrected chi connectivity index (χ4v) is 6.44.